The quantitative estimate of drug-likeness (QED) is 0.714. The number of anilines is 1. The van der Waals surface area contributed by atoms with E-state index in [4.69, 9.17) is 0 Å². The van der Waals surface area contributed by atoms with E-state index in [-0.39, 0.29) is 0 Å². The third-order valence-electron chi connectivity index (χ3n) is 6.56. The van der Waals surface area contributed by atoms with Gasteiger partial charge in [0.05, 0.1) is 13.6 Å². The fourth-order valence-corrected chi connectivity index (χ4v) is 5.93. The van der Waals surface area contributed by atoms with E-state index in [1.807, 2.05) is 0 Å². The van der Waals surface area contributed by atoms with Crippen molar-refractivity contribution in [2.75, 3.05) is 18.5 Å². The van der Waals surface area contributed by atoms with Gasteiger partial charge in [-0.25, -0.2) is 0 Å². The van der Waals surface area contributed by atoms with Gasteiger partial charge in [-0.3, -0.25) is 4.48 Å². The molecule has 1 aliphatic carbocycles. The monoisotopic (exact) mass is 305 g/mol. The molecule has 0 fully saturated rings. The van der Waals surface area contributed by atoms with E-state index in [9.17, 15) is 0 Å². The van der Waals surface area contributed by atoms with Crippen LogP contribution in [0.4, 0.5) is 11.4 Å². The van der Waals surface area contributed by atoms with E-state index >= 15 is 0 Å². The average Bonchev–Trinajstić information content (AvgIpc) is 2.75. The van der Waals surface area contributed by atoms with E-state index in [2.05, 4.69) is 68.3 Å². The summed E-state index contributed by atoms with van der Waals surface area (Å²) in [6.07, 6.45) is 2.99. The summed E-state index contributed by atoms with van der Waals surface area (Å²) >= 11 is 0. The van der Waals surface area contributed by atoms with Gasteiger partial charge in [0.1, 0.15) is 5.69 Å². The summed E-state index contributed by atoms with van der Waals surface area (Å²) < 4.78 is 1.07. The van der Waals surface area contributed by atoms with Gasteiger partial charge in [0.15, 0.2) is 11.9 Å². The second-order valence-electron chi connectivity index (χ2n) is 8.12. The lowest BCUT2D eigenvalue weighted by atomic mass is 9.62. The highest BCUT2D eigenvalue weighted by Crippen LogP contribution is 2.53. The number of likely N-dealkylation sites (N-methyl/N-ethyl adjacent to an activating group) is 1. The van der Waals surface area contributed by atoms with Crippen LogP contribution in [0.25, 0.3) is 0 Å². The van der Waals surface area contributed by atoms with Gasteiger partial charge in [-0.05, 0) is 36.1 Å². The Kier molecular flexibility index (Phi) is 2.48. The summed E-state index contributed by atoms with van der Waals surface area (Å²) in [7, 11) is 2.46. The van der Waals surface area contributed by atoms with Crippen LogP contribution in [0.3, 0.4) is 0 Å². The van der Waals surface area contributed by atoms with Crippen LogP contribution in [0.15, 0.2) is 42.5 Å². The molecule has 118 valence electrons. The minimum Gasteiger partial charge on any atom is -0.313 e. The Hall–Kier alpha value is -1.80. The summed E-state index contributed by atoms with van der Waals surface area (Å²) in [5.41, 5.74) is 8.08. The first-order valence-corrected chi connectivity index (χ1v) is 8.89. The lowest BCUT2D eigenvalue weighted by molar-refractivity contribution is 0.178. The van der Waals surface area contributed by atoms with Crippen molar-refractivity contribution < 1.29 is 0 Å². The van der Waals surface area contributed by atoms with Crippen molar-refractivity contribution in [1.29, 1.82) is 0 Å². The molecule has 2 nitrogen and oxygen atoms in total. The smallest absolute Gasteiger partial charge is 0.169 e. The summed E-state index contributed by atoms with van der Waals surface area (Å²) in [6, 6.07) is 16.0. The largest absolute Gasteiger partial charge is 0.313 e. The molecule has 23 heavy (non-hydrogen) atoms. The summed E-state index contributed by atoms with van der Waals surface area (Å²) in [5, 5.41) is 0. The number of quaternary nitrogens is 1. The van der Waals surface area contributed by atoms with Crippen molar-refractivity contribution in [2.45, 2.75) is 44.8 Å². The maximum absolute atomic E-state index is 2.67. The third-order valence-corrected chi connectivity index (χ3v) is 6.56. The number of benzene rings is 2. The highest BCUT2D eigenvalue weighted by Gasteiger charge is 2.55. The van der Waals surface area contributed by atoms with Crippen LogP contribution in [-0.2, 0) is 18.4 Å². The Labute approximate surface area is 138 Å². The number of nitrogens with zero attached hydrogens (tertiary/aromatic N) is 2. The average molecular weight is 305 g/mol. The molecular formula is C21H25N2+. The van der Waals surface area contributed by atoms with E-state index in [0.29, 0.717) is 11.6 Å². The number of fused-ring (bicyclic) bond motifs is 5. The fourth-order valence-electron chi connectivity index (χ4n) is 5.93. The van der Waals surface area contributed by atoms with Crippen molar-refractivity contribution in [1.82, 2.24) is 4.48 Å². The molecule has 2 aliphatic heterocycles. The molecule has 0 saturated heterocycles. The van der Waals surface area contributed by atoms with Crippen LogP contribution in [0.5, 0.6) is 0 Å². The van der Waals surface area contributed by atoms with Crippen LogP contribution in [0.2, 0.25) is 0 Å². The van der Waals surface area contributed by atoms with Gasteiger partial charge in [-0.2, -0.15) is 0 Å². The van der Waals surface area contributed by atoms with E-state index in [1.165, 1.54) is 30.8 Å². The molecule has 3 aliphatic rings. The second-order valence-corrected chi connectivity index (χ2v) is 8.12. The van der Waals surface area contributed by atoms with Crippen molar-refractivity contribution in [3.8, 4) is 0 Å². The van der Waals surface area contributed by atoms with Gasteiger partial charge < -0.3 is 4.90 Å². The molecule has 2 bridgehead atoms. The molecule has 3 atom stereocenters. The minimum absolute atomic E-state index is 0.331. The van der Waals surface area contributed by atoms with Crippen LogP contribution < -0.4 is 9.38 Å². The van der Waals surface area contributed by atoms with Gasteiger partial charge in [0.25, 0.3) is 0 Å². The van der Waals surface area contributed by atoms with Crippen LogP contribution in [0.1, 0.15) is 37.0 Å². The molecule has 2 aromatic carbocycles. The normalized spacial score (nSPS) is 33.3. The predicted octanol–water partition coefficient (Wildman–Crippen LogP) is 4.21. The highest BCUT2D eigenvalue weighted by atomic mass is 15.5. The van der Waals surface area contributed by atoms with Crippen molar-refractivity contribution in [3.63, 3.8) is 0 Å². The third kappa shape index (κ3) is 1.53. The zero-order valence-corrected chi connectivity index (χ0v) is 14.3. The number of para-hydroxylation sites is 2. The Morgan fingerprint density at radius 3 is 2.74 bits per heavy atom. The van der Waals surface area contributed by atoms with Crippen molar-refractivity contribution in [2.24, 2.45) is 0 Å². The van der Waals surface area contributed by atoms with Gasteiger partial charge in [0, 0.05) is 24.4 Å². The molecule has 2 heteroatoms. The zero-order chi connectivity index (χ0) is 15.8. The molecule has 0 spiro atoms. The predicted molar refractivity (Wildman–Crippen MR) is 96.8 cm³/mol. The number of rotatable bonds is 1. The van der Waals surface area contributed by atoms with Gasteiger partial charge in [-0.15, -0.1) is 0 Å². The van der Waals surface area contributed by atoms with Gasteiger partial charge in [0.2, 0.25) is 0 Å². The Bertz CT molecular complexity index is 811. The molecule has 5 rings (SSSR count). The van der Waals surface area contributed by atoms with E-state index < -0.39 is 0 Å². The standard InChI is InChI=1S/C21H25N2/c1-4-19-22-13-16-9-7-8-15-12-21(2,20(15)16)14-23(19,3)18-11-6-5-10-17(18)22/h5-11,19H,4,12-14H2,1-3H3/q+1. The molecule has 3 unspecified atom stereocenters. The first-order valence-electron chi connectivity index (χ1n) is 8.89. The van der Waals surface area contributed by atoms with E-state index in [1.54, 1.807) is 16.7 Å². The molecule has 0 N–H and O–H groups in total. The number of hydrogen-bond acceptors (Lipinski definition) is 1. The Morgan fingerprint density at radius 2 is 1.91 bits per heavy atom. The minimum atomic E-state index is 0.331. The summed E-state index contributed by atoms with van der Waals surface area (Å²) in [6.45, 7) is 7.11. The molecule has 0 saturated carbocycles. The molecule has 0 radical (unpaired) electrons. The van der Waals surface area contributed by atoms with E-state index in [0.717, 1.165) is 11.0 Å². The van der Waals surface area contributed by atoms with Crippen molar-refractivity contribution in [3.05, 3.63) is 59.2 Å². The number of hydrogen-bond donors (Lipinski definition) is 0. The molecule has 2 heterocycles. The van der Waals surface area contributed by atoms with Crippen LogP contribution >= 0.6 is 0 Å². The maximum atomic E-state index is 2.67. The molecule has 0 aromatic heterocycles. The SMILES string of the molecule is CCC1N2Cc3cccc4c3C(C)(C4)C[N+]1(C)c1ccccc12. The topological polar surface area (TPSA) is 3.24 Å². The molecule has 0 amide bonds. The Balaban J connectivity index is 1.78. The van der Waals surface area contributed by atoms with Gasteiger partial charge >= 0.3 is 0 Å². The molecular weight excluding hydrogens is 280 g/mol. The second kappa shape index (κ2) is 4.18. The first kappa shape index (κ1) is 13.6. The summed E-state index contributed by atoms with van der Waals surface area (Å²) in [4.78, 5) is 2.67. The Morgan fingerprint density at radius 1 is 1.13 bits per heavy atom. The highest BCUT2D eigenvalue weighted by molar-refractivity contribution is 5.76. The lowest BCUT2D eigenvalue weighted by Crippen LogP contribution is -2.64. The first-order chi connectivity index (χ1) is 11.1. The molecule has 2 aromatic rings. The van der Waals surface area contributed by atoms with Crippen molar-refractivity contribution >= 4 is 11.4 Å². The van der Waals surface area contributed by atoms with Crippen LogP contribution in [0, 0.1) is 0 Å². The van der Waals surface area contributed by atoms with Crippen LogP contribution in [-0.4, -0.2) is 19.8 Å². The maximum Gasteiger partial charge on any atom is 0.169 e. The summed E-state index contributed by atoms with van der Waals surface area (Å²) in [5.74, 6) is 0. The zero-order valence-electron chi connectivity index (χ0n) is 14.3. The van der Waals surface area contributed by atoms with Gasteiger partial charge in [-0.1, -0.05) is 37.3 Å². The fraction of sp³-hybridized carbons (Fsp3) is 0.429. The lowest BCUT2D eigenvalue weighted by Gasteiger charge is -2.51.